The lowest BCUT2D eigenvalue weighted by molar-refractivity contribution is -0.131. The zero-order valence-electron chi connectivity index (χ0n) is 7.18. The lowest BCUT2D eigenvalue weighted by Gasteiger charge is -2.01. The van der Waals surface area contributed by atoms with E-state index in [0.29, 0.717) is 5.75 Å². The van der Waals surface area contributed by atoms with Gasteiger partial charge < -0.3 is 9.84 Å². The zero-order valence-corrected chi connectivity index (χ0v) is 8.77. The Kier molecular flexibility index (Phi) is 4.12. The van der Waals surface area contributed by atoms with E-state index in [4.69, 9.17) is 9.84 Å². The zero-order chi connectivity index (χ0) is 10.4. The van der Waals surface area contributed by atoms with Crippen LogP contribution < -0.4 is 4.74 Å². The van der Waals surface area contributed by atoms with E-state index in [2.05, 4.69) is 20.9 Å². The lowest BCUT2D eigenvalue weighted by Crippen LogP contribution is -1.95. The molecular weight excluding hydrogens is 250 g/mol. The van der Waals surface area contributed by atoms with Crippen LogP contribution in [0.25, 0.3) is 0 Å². The Morgan fingerprint density at radius 2 is 2.43 bits per heavy atom. The van der Waals surface area contributed by atoms with Crippen molar-refractivity contribution in [3.05, 3.63) is 35.1 Å². The highest BCUT2D eigenvalue weighted by molar-refractivity contribution is 9.10. The molecule has 0 radical (unpaired) electrons. The summed E-state index contributed by atoms with van der Waals surface area (Å²) < 4.78 is 6.01. The van der Waals surface area contributed by atoms with Gasteiger partial charge in [-0.15, -0.1) is 0 Å². The van der Waals surface area contributed by atoms with Gasteiger partial charge in [0.1, 0.15) is 12.4 Å². The van der Waals surface area contributed by atoms with Crippen molar-refractivity contribution < 1.29 is 14.6 Å². The molecule has 1 heterocycles. The molecule has 0 unspecified atom stereocenters. The summed E-state index contributed by atoms with van der Waals surface area (Å²) in [6.07, 6.45) is 5.65. The fraction of sp³-hybridized carbons (Fsp3) is 0.111. The molecule has 0 saturated heterocycles. The Balaban J connectivity index is 2.42. The molecule has 74 valence electrons. The highest BCUT2D eigenvalue weighted by Crippen LogP contribution is 2.15. The summed E-state index contributed by atoms with van der Waals surface area (Å²) in [6.45, 7) is 0.213. The third kappa shape index (κ3) is 4.04. The average Bonchev–Trinajstić information content (AvgIpc) is 2.12. The van der Waals surface area contributed by atoms with Gasteiger partial charge in [-0.1, -0.05) is 0 Å². The summed E-state index contributed by atoms with van der Waals surface area (Å²) in [7, 11) is 0. The molecule has 0 atom stereocenters. The van der Waals surface area contributed by atoms with E-state index in [-0.39, 0.29) is 6.61 Å². The molecule has 0 aromatic carbocycles. The lowest BCUT2D eigenvalue weighted by atomic mass is 10.4. The van der Waals surface area contributed by atoms with Crippen LogP contribution in [0.2, 0.25) is 0 Å². The summed E-state index contributed by atoms with van der Waals surface area (Å²) in [6, 6.07) is 1.75. The largest absolute Gasteiger partial charge is 0.488 e. The van der Waals surface area contributed by atoms with Crippen molar-refractivity contribution >= 4 is 21.9 Å². The van der Waals surface area contributed by atoms with E-state index < -0.39 is 5.97 Å². The van der Waals surface area contributed by atoms with Crippen LogP contribution in [0, 0.1) is 0 Å². The van der Waals surface area contributed by atoms with Gasteiger partial charge in [0.05, 0.1) is 6.20 Å². The molecule has 1 N–H and O–H groups in total. The van der Waals surface area contributed by atoms with Gasteiger partial charge in [-0.3, -0.25) is 4.98 Å². The van der Waals surface area contributed by atoms with Crippen molar-refractivity contribution in [3.8, 4) is 5.75 Å². The first kappa shape index (κ1) is 10.7. The topological polar surface area (TPSA) is 59.4 Å². The molecule has 0 aliphatic carbocycles. The Bertz CT molecular complexity index is 352. The molecule has 1 aromatic heterocycles. The molecule has 0 amide bonds. The van der Waals surface area contributed by atoms with E-state index in [1.54, 1.807) is 18.5 Å². The number of carbonyl (C=O) groups is 1. The number of ether oxygens (including phenoxy) is 1. The number of aromatic nitrogens is 1. The van der Waals surface area contributed by atoms with Crippen molar-refractivity contribution in [1.82, 2.24) is 4.98 Å². The minimum atomic E-state index is -0.985. The smallest absolute Gasteiger partial charge is 0.328 e. The van der Waals surface area contributed by atoms with Crippen molar-refractivity contribution in [1.29, 1.82) is 0 Å². The number of aliphatic carboxylic acids is 1. The van der Waals surface area contributed by atoms with Crippen LogP contribution in [-0.2, 0) is 4.79 Å². The van der Waals surface area contributed by atoms with Gasteiger partial charge in [0, 0.05) is 16.7 Å². The fourth-order valence-corrected chi connectivity index (χ4v) is 1.11. The van der Waals surface area contributed by atoms with Gasteiger partial charge >= 0.3 is 5.97 Å². The Labute approximate surface area is 89.4 Å². The van der Waals surface area contributed by atoms with Gasteiger partial charge in [-0.05, 0) is 28.1 Å². The molecule has 0 saturated carbocycles. The quantitative estimate of drug-likeness (QED) is 0.837. The van der Waals surface area contributed by atoms with E-state index >= 15 is 0 Å². The first-order chi connectivity index (χ1) is 6.68. The molecular formula is C9H8BrNO3. The van der Waals surface area contributed by atoms with E-state index in [1.165, 1.54) is 6.08 Å². The van der Waals surface area contributed by atoms with Crippen molar-refractivity contribution in [2.45, 2.75) is 0 Å². The third-order valence-electron chi connectivity index (χ3n) is 1.29. The fourth-order valence-electron chi connectivity index (χ4n) is 0.765. The highest BCUT2D eigenvalue weighted by Gasteiger charge is 1.93. The van der Waals surface area contributed by atoms with Crippen LogP contribution in [0.4, 0.5) is 0 Å². The minimum absolute atomic E-state index is 0.213. The van der Waals surface area contributed by atoms with Gasteiger partial charge in [0.2, 0.25) is 0 Å². The number of carboxylic acid groups (broad SMARTS) is 1. The molecule has 4 nitrogen and oxygen atoms in total. The third-order valence-corrected chi connectivity index (χ3v) is 1.72. The summed E-state index contributed by atoms with van der Waals surface area (Å²) in [5.41, 5.74) is 0. The molecule has 14 heavy (non-hydrogen) atoms. The highest BCUT2D eigenvalue weighted by atomic mass is 79.9. The van der Waals surface area contributed by atoms with Crippen LogP contribution in [0.5, 0.6) is 5.75 Å². The maximum Gasteiger partial charge on any atom is 0.328 e. The number of halogens is 1. The molecule has 5 heteroatoms. The predicted molar refractivity (Wildman–Crippen MR) is 54.2 cm³/mol. The van der Waals surface area contributed by atoms with Crippen LogP contribution >= 0.6 is 15.9 Å². The standard InChI is InChI=1S/C9H8BrNO3/c10-7-4-8(6-11-5-7)14-3-1-2-9(12)13/h1-2,4-6H,3H2,(H,12,13)/b2-1+. The maximum atomic E-state index is 10.1. The summed E-state index contributed by atoms with van der Waals surface area (Å²) in [5, 5.41) is 8.29. The summed E-state index contributed by atoms with van der Waals surface area (Å²) >= 11 is 3.24. The summed E-state index contributed by atoms with van der Waals surface area (Å²) in [4.78, 5) is 14.0. The molecule has 1 aromatic rings. The van der Waals surface area contributed by atoms with Gasteiger partial charge in [-0.25, -0.2) is 4.79 Å². The first-order valence-corrected chi connectivity index (χ1v) is 4.60. The van der Waals surface area contributed by atoms with Crippen LogP contribution in [0.3, 0.4) is 0 Å². The number of carboxylic acids is 1. The first-order valence-electron chi connectivity index (χ1n) is 3.81. The van der Waals surface area contributed by atoms with Gasteiger partial charge in [0.15, 0.2) is 0 Å². The van der Waals surface area contributed by atoms with Crippen molar-refractivity contribution in [2.75, 3.05) is 6.61 Å². The van der Waals surface area contributed by atoms with E-state index in [9.17, 15) is 4.79 Å². The Hall–Kier alpha value is -1.36. The van der Waals surface area contributed by atoms with Gasteiger partial charge in [-0.2, -0.15) is 0 Å². The van der Waals surface area contributed by atoms with Crippen molar-refractivity contribution in [2.24, 2.45) is 0 Å². The molecule has 0 bridgehead atoms. The van der Waals surface area contributed by atoms with E-state index in [0.717, 1.165) is 10.5 Å². The van der Waals surface area contributed by atoms with Crippen LogP contribution in [0.1, 0.15) is 0 Å². The number of pyridine rings is 1. The summed E-state index contributed by atoms with van der Waals surface area (Å²) in [5.74, 6) is -0.393. The van der Waals surface area contributed by atoms with Crippen LogP contribution in [-0.4, -0.2) is 22.7 Å². The maximum absolute atomic E-state index is 10.1. The number of hydrogen-bond donors (Lipinski definition) is 1. The minimum Gasteiger partial charge on any atom is -0.488 e. The number of hydrogen-bond acceptors (Lipinski definition) is 3. The second-order valence-electron chi connectivity index (χ2n) is 2.39. The molecule has 0 aliphatic rings. The van der Waals surface area contributed by atoms with Crippen molar-refractivity contribution in [3.63, 3.8) is 0 Å². The normalized spacial score (nSPS) is 10.4. The Morgan fingerprint density at radius 3 is 3.07 bits per heavy atom. The predicted octanol–water partition coefficient (Wildman–Crippen LogP) is 1.86. The Morgan fingerprint density at radius 1 is 1.64 bits per heavy atom. The average molecular weight is 258 g/mol. The molecule has 0 spiro atoms. The molecule has 0 fully saturated rings. The monoisotopic (exact) mass is 257 g/mol. The van der Waals surface area contributed by atoms with E-state index in [1.807, 2.05) is 0 Å². The number of nitrogens with zero attached hydrogens (tertiary/aromatic N) is 1. The molecule has 1 rings (SSSR count). The second kappa shape index (κ2) is 5.39. The van der Waals surface area contributed by atoms with Crippen LogP contribution in [0.15, 0.2) is 35.1 Å². The SMILES string of the molecule is O=C(O)/C=C/COc1cncc(Br)c1. The molecule has 0 aliphatic heterocycles. The second-order valence-corrected chi connectivity index (χ2v) is 3.31. The number of rotatable bonds is 4. The van der Waals surface area contributed by atoms with Gasteiger partial charge in [0.25, 0.3) is 0 Å².